The van der Waals surface area contributed by atoms with Crippen molar-refractivity contribution in [3.63, 3.8) is 0 Å². The van der Waals surface area contributed by atoms with Gasteiger partial charge in [-0.3, -0.25) is 9.79 Å². The Bertz CT molecular complexity index is 1350. The van der Waals surface area contributed by atoms with Crippen LogP contribution in [0.15, 0.2) is 35.6 Å². The summed E-state index contributed by atoms with van der Waals surface area (Å²) in [6.07, 6.45) is 5.55. The van der Waals surface area contributed by atoms with Crippen LogP contribution in [0.25, 0.3) is 17.2 Å². The van der Waals surface area contributed by atoms with Gasteiger partial charge in [0.25, 0.3) is 11.9 Å². The molecule has 0 saturated carbocycles. The van der Waals surface area contributed by atoms with Crippen molar-refractivity contribution < 1.29 is 19.1 Å². The number of guanidine groups is 1. The largest absolute Gasteiger partial charge is 0.497 e. The molecule has 0 radical (unpaired) electrons. The van der Waals surface area contributed by atoms with E-state index in [0.717, 1.165) is 41.0 Å². The van der Waals surface area contributed by atoms with E-state index in [1.54, 1.807) is 13.3 Å². The van der Waals surface area contributed by atoms with Crippen molar-refractivity contribution in [2.45, 2.75) is 31.7 Å². The molecule has 0 spiro atoms. The Hall–Kier alpha value is -4.68. The first-order valence-corrected chi connectivity index (χ1v) is 11.6. The fraction of sp³-hybridized carbons (Fsp3) is 0.333. The zero-order valence-electron chi connectivity index (χ0n) is 20.6. The molecule has 1 aromatic carbocycles. The topological polar surface area (TPSA) is 199 Å². The van der Waals surface area contributed by atoms with Crippen LogP contribution in [0, 0.1) is 0 Å². The summed E-state index contributed by atoms with van der Waals surface area (Å²) in [5, 5.41) is 6.87. The second-order valence-electron chi connectivity index (χ2n) is 8.44. The first kappa shape index (κ1) is 25.4. The maximum absolute atomic E-state index is 13.0. The molecule has 7 N–H and O–H groups in total. The number of rotatable bonds is 9. The molecule has 1 atom stereocenters. The number of anilines is 1. The molecule has 1 aliphatic rings. The maximum Gasteiger partial charge on any atom is 0.328 e. The number of aryl methyl sites for hydroxylation is 2. The average Bonchev–Trinajstić information content (AvgIpc) is 3.30. The van der Waals surface area contributed by atoms with Gasteiger partial charge in [0.15, 0.2) is 11.8 Å². The number of aliphatic imine (C=N–C) groups is 1. The zero-order chi connectivity index (χ0) is 26.5. The average molecular weight is 508 g/mol. The number of amides is 1. The molecular weight excluding hydrogens is 478 g/mol. The number of methoxy groups -OCH3 is 2. The summed E-state index contributed by atoms with van der Waals surface area (Å²) in [5.74, 6) is -0.225. The first-order chi connectivity index (χ1) is 17.8. The van der Waals surface area contributed by atoms with E-state index in [1.807, 2.05) is 18.2 Å². The minimum absolute atomic E-state index is 0.0342. The van der Waals surface area contributed by atoms with Gasteiger partial charge in [0.1, 0.15) is 17.4 Å². The van der Waals surface area contributed by atoms with Crippen LogP contribution in [0.4, 0.5) is 5.82 Å². The lowest BCUT2D eigenvalue weighted by molar-refractivity contribution is -0.143. The molecule has 1 amide bonds. The standard InChI is InChI=1S/C24H29N9O4/c1-36-15-7-8-16-13(10-15)5-6-14-11-29-24(31-19(14)16)33-12-17(20(25)32-33)21(34)30-18(22(35)37-2)4-3-9-28-23(26)27/h7-8,10-12,18H,3-6,9H2,1-2H3,(H2,25,32)(H,30,34)(H4,26,27,28). The van der Waals surface area contributed by atoms with E-state index in [-0.39, 0.29) is 29.7 Å². The number of nitrogens with zero attached hydrogens (tertiary/aromatic N) is 5. The zero-order valence-corrected chi connectivity index (χ0v) is 20.6. The molecule has 0 fully saturated rings. The molecule has 3 aromatic rings. The monoisotopic (exact) mass is 507 g/mol. The van der Waals surface area contributed by atoms with E-state index in [1.165, 1.54) is 18.0 Å². The minimum Gasteiger partial charge on any atom is -0.497 e. The van der Waals surface area contributed by atoms with E-state index in [2.05, 4.69) is 20.4 Å². The van der Waals surface area contributed by atoms with Crippen LogP contribution in [0.1, 0.15) is 34.3 Å². The molecule has 194 valence electrons. The number of carbonyl (C=O) groups is 2. The lowest BCUT2D eigenvalue weighted by Crippen LogP contribution is -2.41. The summed E-state index contributed by atoms with van der Waals surface area (Å²) in [7, 11) is 2.88. The number of hydrogen-bond donors (Lipinski definition) is 4. The maximum atomic E-state index is 13.0. The number of nitrogens with one attached hydrogen (secondary N) is 1. The molecule has 2 heterocycles. The summed E-state index contributed by atoms with van der Waals surface area (Å²) < 4.78 is 11.5. The second kappa shape index (κ2) is 10.9. The Kier molecular flexibility index (Phi) is 7.51. The number of carbonyl (C=O) groups excluding carboxylic acids is 2. The summed E-state index contributed by atoms with van der Waals surface area (Å²) >= 11 is 0. The van der Waals surface area contributed by atoms with E-state index in [0.29, 0.717) is 13.0 Å². The van der Waals surface area contributed by atoms with Crippen molar-refractivity contribution in [3.05, 3.63) is 47.3 Å². The van der Waals surface area contributed by atoms with Crippen molar-refractivity contribution in [1.82, 2.24) is 25.1 Å². The molecule has 13 nitrogen and oxygen atoms in total. The molecule has 37 heavy (non-hydrogen) atoms. The Morgan fingerprint density at radius 3 is 2.73 bits per heavy atom. The number of esters is 1. The number of nitrogens with two attached hydrogens (primary N) is 3. The molecular formula is C24H29N9O4. The Morgan fingerprint density at radius 1 is 1.22 bits per heavy atom. The van der Waals surface area contributed by atoms with E-state index in [4.69, 9.17) is 31.7 Å². The highest BCUT2D eigenvalue weighted by molar-refractivity contribution is 6.00. The molecule has 2 aromatic heterocycles. The van der Waals surface area contributed by atoms with Crippen molar-refractivity contribution in [2.24, 2.45) is 16.5 Å². The highest BCUT2D eigenvalue weighted by atomic mass is 16.5. The van der Waals surface area contributed by atoms with Crippen LogP contribution in [0.3, 0.4) is 0 Å². The van der Waals surface area contributed by atoms with Gasteiger partial charge in [0.2, 0.25) is 0 Å². The molecule has 1 unspecified atom stereocenters. The summed E-state index contributed by atoms with van der Waals surface area (Å²) in [6.45, 7) is 0.303. The molecule has 1 aliphatic carbocycles. The number of fused-ring (bicyclic) bond motifs is 3. The van der Waals surface area contributed by atoms with Gasteiger partial charge in [-0.2, -0.15) is 0 Å². The van der Waals surface area contributed by atoms with Gasteiger partial charge >= 0.3 is 5.97 Å². The van der Waals surface area contributed by atoms with Crippen molar-refractivity contribution in [3.8, 4) is 23.0 Å². The minimum atomic E-state index is -0.914. The Morgan fingerprint density at radius 2 is 2.00 bits per heavy atom. The molecule has 13 heteroatoms. The van der Waals surface area contributed by atoms with Crippen LogP contribution >= 0.6 is 0 Å². The first-order valence-electron chi connectivity index (χ1n) is 11.6. The van der Waals surface area contributed by atoms with Crippen LogP contribution < -0.4 is 27.3 Å². The lowest BCUT2D eigenvalue weighted by atomic mass is 9.90. The predicted molar refractivity (Wildman–Crippen MR) is 136 cm³/mol. The predicted octanol–water partition coefficient (Wildman–Crippen LogP) is 0.344. The normalized spacial score (nSPS) is 12.6. The smallest absolute Gasteiger partial charge is 0.328 e. The third-order valence-electron chi connectivity index (χ3n) is 6.01. The van der Waals surface area contributed by atoms with E-state index >= 15 is 0 Å². The van der Waals surface area contributed by atoms with E-state index < -0.39 is 17.9 Å². The third kappa shape index (κ3) is 5.60. The molecule has 0 aliphatic heterocycles. The second-order valence-corrected chi connectivity index (χ2v) is 8.44. The highest BCUT2D eigenvalue weighted by Gasteiger charge is 2.25. The molecule has 4 rings (SSSR count). The van der Waals surface area contributed by atoms with Crippen molar-refractivity contribution in [1.29, 1.82) is 0 Å². The highest BCUT2D eigenvalue weighted by Crippen LogP contribution is 2.34. The van der Waals surface area contributed by atoms with Crippen molar-refractivity contribution in [2.75, 3.05) is 26.5 Å². The number of benzene rings is 1. The van der Waals surface area contributed by atoms with Crippen LogP contribution in [0.2, 0.25) is 0 Å². The quantitative estimate of drug-likeness (QED) is 0.135. The number of ether oxygens (including phenoxy) is 2. The fourth-order valence-corrected chi connectivity index (χ4v) is 4.12. The Balaban J connectivity index is 1.55. The van der Waals surface area contributed by atoms with Gasteiger partial charge in [-0.1, -0.05) is 0 Å². The summed E-state index contributed by atoms with van der Waals surface area (Å²) in [4.78, 5) is 38.2. The van der Waals surface area contributed by atoms with Crippen LogP contribution in [0.5, 0.6) is 5.75 Å². The lowest BCUT2D eigenvalue weighted by Gasteiger charge is -2.19. The molecule has 0 bridgehead atoms. The van der Waals surface area contributed by atoms with Gasteiger partial charge in [-0.15, -0.1) is 5.10 Å². The van der Waals surface area contributed by atoms with Crippen LogP contribution in [-0.4, -0.2) is 64.4 Å². The van der Waals surface area contributed by atoms with Crippen LogP contribution in [-0.2, 0) is 22.4 Å². The number of hydrogen-bond acceptors (Lipinski definition) is 9. The summed E-state index contributed by atoms with van der Waals surface area (Å²) in [5.41, 5.74) is 20.7. The van der Waals surface area contributed by atoms with Gasteiger partial charge in [0, 0.05) is 24.5 Å². The summed E-state index contributed by atoms with van der Waals surface area (Å²) in [6, 6.07) is 4.95. The van der Waals surface area contributed by atoms with Crippen molar-refractivity contribution >= 4 is 23.7 Å². The molecule has 0 saturated heterocycles. The van der Waals surface area contributed by atoms with E-state index in [9.17, 15) is 9.59 Å². The van der Waals surface area contributed by atoms with Gasteiger partial charge < -0.3 is 32.0 Å². The Labute approximate surface area is 213 Å². The third-order valence-corrected chi connectivity index (χ3v) is 6.01. The van der Waals surface area contributed by atoms with Gasteiger partial charge in [-0.05, 0) is 55.0 Å². The van der Waals surface area contributed by atoms with Gasteiger partial charge in [-0.25, -0.2) is 19.4 Å². The number of nitrogen functional groups attached to an aromatic ring is 1. The SMILES string of the molecule is COC(=O)C(CCCN=C(N)N)NC(=O)c1cn(-c2ncc3c(n2)-c2ccc(OC)cc2CC3)nc1N. The number of aromatic nitrogens is 4. The fourth-order valence-electron chi connectivity index (χ4n) is 4.12. The van der Waals surface area contributed by atoms with Gasteiger partial charge in [0.05, 0.1) is 19.9 Å².